The molecule has 3 aliphatic carbocycles. The van der Waals surface area contributed by atoms with Crippen molar-refractivity contribution in [2.24, 2.45) is 11.8 Å². The summed E-state index contributed by atoms with van der Waals surface area (Å²) in [6, 6.07) is 10.8. The first kappa shape index (κ1) is 65.0. The number of anilines is 1. The average molecular weight is 1200 g/mol. The summed E-state index contributed by atoms with van der Waals surface area (Å²) in [5.74, 6) is -5.33. The van der Waals surface area contributed by atoms with Gasteiger partial charge in [0.1, 0.15) is 6.04 Å². The number of hydrogen-bond acceptors (Lipinski definition) is 15. The molecular formula is C62H85F2N11O11. The van der Waals surface area contributed by atoms with Crippen molar-refractivity contribution in [1.82, 2.24) is 46.4 Å². The summed E-state index contributed by atoms with van der Waals surface area (Å²) < 4.78 is 52.2. The molecule has 5 N–H and O–H groups in total. The molecule has 5 aliphatic rings. The molecule has 0 bridgehead atoms. The number of benzene rings is 1. The van der Waals surface area contributed by atoms with Gasteiger partial charge in [0.25, 0.3) is 11.8 Å². The van der Waals surface area contributed by atoms with E-state index in [-0.39, 0.29) is 83.9 Å². The highest BCUT2D eigenvalue weighted by Gasteiger charge is 2.47. The van der Waals surface area contributed by atoms with Crippen molar-refractivity contribution >= 4 is 57.9 Å². The van der Waals surface area contributed by atoms with Gasteiger partial charge in [0.05, 0.1) is 79.8 Å². The maximum Gasteiger partial charge on any atom is 0.268 e. The average Bonchev–Trinajstić information content (AvgIpc) is 3.28. The van der Waals surface area contributed by atoms with Gasteiger partial charge in [-0.2, -0.15) is 5.26 Å². The first-order valence-electron chi connectivity index (χ1n) is 30.7. The van der Waals surface area contributed by atoms with Crippen molar-refractivity contribution in [3.8, 4) is 6.07 Å². The van der Waals surface area contributed by atoms with Gasteiger partial charge >= 0.3 is 0 Å². The number of nitrogens with zero attached hydrogens (tertiary/aromatic N) is 6. The number of halogens is 2. The topological polar surface area (TPSA) is 276 Å². The minimum absolute atomic E-state index is 0.0120. The molecule has 24 heteroatoms. The number of likely N-dealkylation sites (tertiary alicyclic amines) is 2. The van der Waals surface area contributed by atoms with E-state index in [1.54, 1.807) is 42.5 Å². The fourth-order valence-corrected chi connectivity index (χ4v) is 12.4. The number of rotatable bonds is 29. The van der Waals surface area contributed by atoms with Crippen molar-refractivity contribution in [1.29, 1.82) is 5.26 Å². The van der Waals surface area contributed by atoms with Gasteiger partial charge in [-0.15, -0.1) is 0 Å². The van der Waals surface area contributed by atoms with Crippen molar-refractivity contribution in [3.63, 3.8) is 0 Å². The van der Waals surface area contributed by atoms with Crippen LogP contribution in [0.1, 0.15) is 138 Å². The lowest BCUT2D eigenvalue weighted by molar-refractivity contribution is -0.131. The van der Waals surface area contributed by atoms with Crippen LogP contribution in [-0.4, -0.2) is 183 Å². The quantitative estimate of drug-likeness (QED) is 0.0569. The normalized spacial score (nSPS) is 24.6. The standard InChI is InChI=1S/C62H85F2N11O11/c1-73(44-13-22-53-51(34-44)50(23-25-67-53)60(81)71-39-57(79)75-40-62(63,64)36-45(75)37-65)29-26-68-54(76)7-4-30-83-46-14-18-48(19-15-46)85-32-27-69-59(80)41-9-11-43(12-10-41)72-55(77)8-5-31-84-47-16-20-49(21-17-47)86-33-28-70-61(82)52-35-56(78)74(2)58(52)42-6-3-24-66-38-42/h3,6,13,22-25,34,38,41,43,45-49,52,58H,4-5,7-12,14-21,26-33,35-36,39-40H2,1-2H3,(H,68,76)(H,69,80)(H,70,82)(H,71,81)(H,72,77)/t41?,43?,45-,46?,47?,48?,49?,52-,58+/m0/s1. The zero-order chi connectivity index (χ0) is 61.0. The maximum absolute atomic E-state index is 13.9. The SMILES string of the molecule is CN(CCNC(=O)CCCOC1CCC(OCCNC(=O)C2CCC(NC(=O)CCCOC3CCC(OCCNC(=O)[C@H]4CC(=O)N(C)[C@@H]4c4cccnc4)CC3)CC2)CC1)c1ccc2nccc(C(=O)NCC(=O)N3CC(F)(F)C[C@H]3C#N)c2c1. The van der Waals surface area contributed by atoms with Crippen molar-refractivity contribution in [3.05, 3.63) is 66.1 Å². The van der Waals surface area contributed by atoms with Gasteiger partial charge in [-0.3, -0.25) is 43.5 Å². The summed E-state index contributed by atoms with van der Waals surface area (Å²) in [6.07, 6.45) is 16.5. The molecule has 2 aliphatic heterocycles. The Morgan fingerprint density at radius 1 is 0.744 bits per heavy atom. The first-order valence-corrected chi connectivity index (χ1v) is 30.7. The molecule has 3 aromatic rings. The van der Waals surface area contributed by atoms with Crippen molar-refractivity contribution in [2.45, 2.75) is 164 Å². The molecule has 0 unspecified atom stereocenters. The summed E-state index contributed by atoms with van der Waals surface area (Å²) in [5, 5.41) is 24.4. The highest BCUT2D eigenvalue weighted by molar-refractivity contribution is 6.07. The molecule has 2 aromatic heterocycles. The van der Waals surface area contributed by atoms with E-state index in [2.05, 4.69) is 36.6 Å². The summed E-state index contributed by atoms with van der Waals surface area (Å²) in [4.78, 5) is 103. The van der Waals surface area contributed by atoms with Gasteiger partial charge in [-0.05, 0) is 126 Å². The molecular weight excluding hydrogens is 1110 g/mol. The summed E-state index contributed by atoms with van der Waals surface area (Å²) in [5.41, 5.74) is 2.39. The first-order chi connectivity index (χ1) is 41.5. The maximum atomic E-state index is 13.9. The Bertz CT molecular complexity index is 2810. The lowest BCUT2D eigenvalue weighted by Gasteiger charge is -2.29. The number of alkyl halides is 2. The van der Waals surface area contributed by atoms with Gasteiger partial charge in [-0.1, -0.05) is 6.07 Å². The molecule has 468 valence electrons. The monoisotopic (exact) mass is 1200 g/mol. The Balaban J connectivity index is 0.589. The molecule has 4 heterocycles. The van der Waals surface area contributed by atoms with Crippen LogP contribution in [0, 0.1) is 23.2 Å². The Kier molecular flexibility index (Phi) is 24.3. The fraction of sp³-hybridized carbons (Fsp3) is 0.645. The number of amides is 7. The molecule has 22 nitrogen and oxygen atoms in total. The molecule has 7 amide bonds. The number of hydrogen-bond donors (Lipinski definition) is 5. The second-order valence-electron chi connectivity index (χ2n) is 23.5. The number of nitrogens with one attached hydrogen (secondary N) is 5. The van der Waals surface area contributed by atoms with Gasteiger partial charge in [0.15, 0.2) is 0 Å². The third-order valence-electron chi connectivity index (χ3n) is 17.3. The second-order valence-corrected chi connectivity index (χ2v) is 23.5. The Labute approximate surface area is 501 Å². The zero-order valence-electron chi connectivity index (χ0n) is 49.6. The van der Waals surface area contributed by atoms with E-state index in [1.165, 1.54) is 12.3 Å². The van der Waals surface area contributed by atoms with Crippen molar-refractivity contribution in [2.75, 3.05) is 84.7 Å². The summed E-state index contributed by atoms with van der Waals surface area (Å²) in [6.45, 7) is 2.08. The van der Waals surface area contributed by atoms with E-state index in [4.69, 9.17) is 18.9 Å². The highest BCUT2D eigenvalue weighted by atomic mass is 19.3. The predicted molar refractivity (Wildman–Crippen MR) is 313 cm³/mol. The third-order valence-corrected chi connectivity index (χ3v) is 17.3. The Morgan fingerprint density at radius 3 is 1.98 bits per heavy atom. The van der Waals surface area contributed by atoms with Gasteiger partial charge < -0.3 is 60.2 Å². The predicted octanol–water partition coefficient (Wildman–Crippen LogP) is 5.05. The highest BCUT2D eigenvalue weighted by Crippen LogP contribution is 2.37. The van der Waals surface area contributed by atoms with Gasteiger partial charge in [-0.25, -0.2) is 8.78 Å². The molecule has 2 saturated heterocycles. The molecule has 86 heavy (non-hydrogen) atoms. The van der Waals surface area contributed by atoms with Crippen LogP contribution in [0.4, 0.5) is 14.5 Å². The van der Waals surface area contributed by atoms with Crippen LogP contribution in [0.15, 0.2) is 55.0 Å². The van der Waals surface area contributed by atoms with Crippen molar-refractivity contribution < 1.29 is 61.3 Å². The summed E-state index contributed by atoms with van der Waals surface area (Å²) in [7, 11) is 3.58. The molecule has 3 atom stereocenters. The Morgan fingerprint density at radius 2 is 1.36 bits per heavy atom. The number of fused-ring (bicyclic) bond motifs is 1. The van der Waals surface area contributed by atoms with E-state index < -0.39 is 49.2 Å². The van der Waals surface area contributed by atoms with Crippen LogP contribution in [0.3, 0.4) is 0 Å². The molecule has 8 rings (SSSR count). The number of likely N-dealkylation sites (N-methyl/N-ethyl adjacent to an activating group) is 1. The van der Waals surface area contributed by atoms with Crippen LogP contribution in [0.5, 0.6) is 0 Å². The minimum Gasteiger partial charge on any atom is -0.378 e. The summed E-state index contributed by atoms with van der Waals surface area (Å²) >= 11 is 0. The number of carbonyl (C=O) groups is 7. The molecule has 1 aromatic carbocycles. The number of aromatic nitrogens is 2. The smallest absolute Gasteiger partial charge is 0.268 e. The second kappa shape index (κ2) is 32.2. The number of nitriles is 1. The van der Waals surface area contributed by atoms with E-state index in [1.807, 2.05) is 30.1 Å². The Hall–Kier alpha value is -6.94. The lowest BCUT2D eigenvalue weighted by Crippen LogP contribution is -2.43. The van der Waals surface area contributed by atoms with Crippen LogP contribution in [-0.2, 0) is 47.7 Å². The third kappa shape index (κ3) is 19.0. The lowest BCUT2D eigenvalue weighted by atomic mass is 9.85. The van der Waals surface area contributed by atoms with Crippen LogP contribution >= 0.6 is 0 Å². The molecule has 0 spiro atoms. The largest absolute Gasteiger partial charge is 0.378 e. The number of pyridine rings is 2. The van der Waals surface area contributed by atoms with E-state index in [0.717, 1.165) is 93.2 Å². The van der Waals surface area contributed by atoms with Crippen LogP contribution in [0.2, 0.25) is 0 Å². The number of ether oxygens (including phenoxy) is 4. The molecule has 5 fully saturated rings. The zero-order valence-corrected chi connectivity index (χ0v) is 49.6. The fourth-order valence-electron chi connectivity index (χ4n) is 12.4. The number of carbonyl (C=O) groups excluding carboxylic acids is 7. The van der Waals surface area contributed by atoms with E-state index in [9.17, 15) is 47.6 Å². The van der Waals surface area contributed by atoms with Gasteiger partial charge in [0.2, 0.25) is 35.4 Å². The van der Waals surface area contributed by atoms with Gasteiger partial charge in [0, 0.05) is 121 Å². The molecule has 3 saturated carbocycles. The van der Waals surface area contributed by atoms with E-state index in [0.29, 0.717) is 89.2 Å². The van der Waals surface area contributed by atoms with E-state index >= 15 is 0 Å². The van der Waals surface area contributed by atoms with Crippen LogP contribution < -0.4 is 31.5 Å². The van der Waals surface area contributed by atoms with Crippen LogP contribution in [0.25, 0.3) is 10.9 Å². The molecule has 0 radical (unpaired) electrons. The minimum atomic E-state index is -3.16.